The van der Waals surface area contributed by atoms with E-state index in [1.807, 2.05) is 11.8 Å². The van der Waals surface area contributed by atoms with E-state index in [1.54, 1.807) is 29.0 Å². The molecule has 0 spiro atoms. The van der Waals surface area contributed by atoms with Crippen LogP contribution < -0.4 is 15.2 Å². The van der Waals surface area contributed by atoms with Crippen LogP contribution in [0.15, 0.2) is 45.6 Å². The van der Waals surface area contributed by atoms with E-state index in [0.717, 1.165) is 12.5 Å². The van der Waals surface area contributed by atoms with E-state index in [1.165, 1.54) is 18.2 Å². The van der Waals surface area contributed by atoms with Crippen molar-refractivity contribution in [3.05, 3.63) is 69.4 Å². The number of likely N-dealkylation sites (tertiary alicyclic amines) is 1. The van der Waals surface area contributed by atoms with Crippen molar-refractivity contribution in [3.63, 3.8) is 0 Å². The SMILES string of the molecule is CC(c1cc(C(=O)N2CCC2)cc2c(=O)cc(N3CCOCC3)oc12)N(C)c1cc(F)cc(F)c1. The molecule has 0 bridgehead atoms. The Hall–Kier alpha value is -3.46. The molecule has 0 saturated carbocycles. The van der Waals surface area contributed by atoms with Crippen molar-refractivity contribution in [2.75, 3.05) is 56.2 Å². The fourth-order valence-electron chi connectivity index (χ4n) is 4.52. The molecule has 2 aromatic carbocycles. The first-order valence-corrected chi connectivity index (χ1v) is 11.7. The molecule has 2 fully saturated rings. The van der Waals surface area contributed by atoms with Gasteiger partial charge in [0.1, 0.15) is 17.2 Å². The molecule has 1 unspecified atom stereocenters. The Morgan fingerprint density at radius 1 is 1.00 bits per heavy atom. The minimum absolute atomic E-state index is 0.150. The van der Waals surface area contributed by atoms with Gasteiger partial charge >= 0.3 is 0 Å². The second-order valence-corrected chi connectivity index (χ2v) is 9.05. The number of rotatable bonds is 5. The third kappa shape index (κ3) is 4.48. The van der Waals surface area contributed by atoms with Gasteiger partial charge in [0.25, 0.3) is 5.91 Å². The topological polar surface area (TPSA) is 66.2 Å². The smallest absolute Gasteiger partial charge is 0.253 e. The zero-order valence-corrected chi connectivity index (χ0v) is 19.7. The number of hydrogen-bond donors (Lipinski definition) is 0. The highest BCUT2D eigenvalue weighted by Crippen LogP contribution is 2.34. The monoisotopic (exact) mass is 483 g/mol. The van der Waals surface area contributed by atoms with E-state index in [2.05, 4.69) is 0 Å². The molecular weight excluding hydrogens is 456 g/mol. The third-order valence-electron chi connectivity index (χ3n) is 6.84. The van der Waals surface area contributed by atoms with Gasteiger partial charge in [0.05, 0.1) is 24.6 Å². The highest BCUT2D eigenvalue weighted by molar-refractivity contribution is 5.99. The van der Waals surface area contributed by atoms with Gasteiger partial charge < -0.3 is 23.9 Å². The second-order valence-electron chi connectivity index (χ2n) is 9.05. The number of halogens is 2. The van der Waals surface area contributed by atoms with Crippen molar-refractivity contribution in [2.24, 2.45) is 0 Å². The van der Waals surface area contributed by atoms with E-state index < -0.39 is 17.7 Å². The molecule has 1 atom stereocenters. The van der Waals surface area contributed by atoms with Crippen LogP contribution in [-0.4, -0.2) is 57.2 Å². The van der Waals surface area contributed by atoms with E-state index >= 15 is 0 Å². The maximum atomic E-state index is 13.9. The van der Waals surface area contributed by atoms with Gasteiger partial charge in [-0.1, -0.05) is 0 Å². The predicted octanol–water partition coefficient (Wildman–Crippen LogP) is 3.95. The number of carbonyl (C=O) groups excluding carboxylic acids is 1. The number of hydrogen-bond acceptors (Lipinski definition) is 6. The average molecular weight is 484 g/mol. The largest absolute Gasteiger partial charge is 0.440 e. The van der Waals surface area contributed by atoms with E-state index in [-0.39, 0.29) is 11.3 Å². The number of morpholine rings is 1. The fourth-order valence-corrected chi connectivity index (χ4v) is 4.52. The summed E-state index contributed by atoms with van der Waals surface area (Å²) in [6.07, 6.45) is 0.946. The van der Waals surface area contributed by atoms with Gasteiger partial charge in [0.15, 0.2) is 11.3 Å². The van der Waals surface area contributed by atoms with Crippen LogP contribution in [-0.2, 0) is 4.74 Å². The molecule has 0 aliphatic carbocycles. The molecule has 2 aliphatic rings. The molecule has 184 valence electrons. The number of nitrogens with zero attached hydrogens (tertiary/aromatic N) is 3. The van der Waals surface area contributed by atoms with Crippen LogP contribution in [0.3, 0.4) is 0 Å². The van der Waals surface area contributed by atoms with Gasteiger partial charge in [-0.2, -0.15) is 0 Å². The van der Waals surface area contributed by atoms with Crippen molar-refractivity contribution in [1.29, 1.82) is 0 Å². The number of anilines is 2. The van der Waals surface area contributed by atoms with Crippen LogP contribution in [0.1, 0.15) is 35.3 Å². The predicted molar refractivity (Wildman–Crippen MR) is 129 cm³/mol. The van der Waals surface area contributed by atoms with Crippen molar-refractivity contribution in [2.45, 2.75) is 19.4 Å². The van der Waals surface area contributed by atoms with Gasteiger partial charge in [-0.15, -0.1) is 0 Å². The van der Waals surface area contributed by atoms with E-state index in [9.17, 15) is 18.4 Å². The van der Waals surface area contributed by atoms with Crippen molar-refractivity contribution < 1.29 is 22.7 Å². The summed E-state index contributed by atoms with van der Waals surface area (Å²) < 4.78 is 39.5. The average Bonchev–Trinajstić information content (AvgIpc) is 2.81. The molecule has 1 aromatic heterocycles. The third-order valence-corrected chi connectivity index (χ3v) is 6.84. The molecule has 7 nitrogen and oxygen atoms in total. The summed E-state index contributed by atoms with van der Waals surface area (Å²) in [4.78, 5) is 31.6. The van der Waals surface area contributed by atoms with Crippen LogP contribution in [0.5, 0.6) is 0 Å². The molecule has 3 heterocycles. The van der Waals surface area contributed by atoms with Crippen molar-refractivity contribution >= 4 is 28.4 Å². The summed E-state index contributed by atoms with van der Waals surface area (Å²) in [5, 5.41) is 0.300. The molecular formula is C26H27F2N3O4. The Labute approximate surface area is 201 Å². The first-order chi connectivity index (χ1) is 16.8. The first-order valence-electron chi connectivity index (χ1n) is 11.7. The molecule has 1 amide bonds. The van der Waals surface area contributed by atoms with Crippen LogP contribution in [0.4, 0.5) is 20.4 Å². The summed E-state index contributed by atoms with van der Waals surface area (Å²) in [5.41, 5.74) is 1.42. The summed E-state index contributed by atoms with van der Waals surface area (Å²) >= 11 is 0. The molecule has 35 heavy (non-hydrogen) atoms. The Morgan fingerprint density at radius 2 is 1.69 bits per heavy atom. The Balaban J connectivity index is 1.65. The van der Waals surface area contributed by atoms with E-state index in [0.29, 0.717) is 73.1 Å². The normalized spacial score (nSPS) is 16.8. The van der Waals surface area contributed by atoms with Crippen LogP contribution in [0.2, 0.25) is 0 Å². The zero-order valence-electron chi connectivity index (χ0n) is 19.7. The lowest BCUT2D eigenvalue weighted by Gasteiger charge is -2.32. The maximum Gasteiger partial charge on any atom is 0.253 e. The summed E-state index contributed by atoms with van der Waals surface area (Å²) in [7, 11) is 1.71. The molecule has 5 rings (SSSR count). The quantitative estimate of drug-likeness (QED) is 0.548. The number of amides is 1. The Kier molecular flexibility index (Phi) is 6.19. The first kappa shape index (κ1) is 23.3. The highest BCUT2D eigenvalue weighted by Gasteiger charge is 2.27. The van der Waals surface area contributed by atoms with Crippen LogP contribution in [0.25, 0.3) is 11.0 Å². The number of fused-ring (bicyclic) bond motifs is 1. The zero-order chi connectivity index (χ0) is 24.7. The fraction of sp³-hybridized carbons (Fsp3) is 0.385. The molecule has 3 aromatic rings. The van der Waals surface area contributed by atoms with Gasteiger partial charge in [-0.3, -0.25) is 9.59 Å². The van der Waals surface area contributed by atoms with E-state index in [4.69, 9.17) is 9.15 Å². The van der Waals surface area contributed by atoms with Crippen molar-refractivity contribution in [1.82, 2.24) is 4.90 Å². The van der Waals surface area contributed by atoms with Gasteiger partial charge in [-0.05, 0) is 37.6 Å². The van der Waals surface area contributed by atoms with Gasteiger partial charge in [0, 0.05) is 62.2 Å². The second kappa shape index (κ2) is 9.30. The minimum atomic E-state index is -0.688. The number of ether oxygens (including phenoxy) is 1. The Bertz CT molecular complexity index is 1310. The lowest BCUT2D eigenvalue weighted by Crippen LogP contribution is -2.42. The summed E-state index contributed by atoms with van der Waals surface area (Å²) in [6.45, 7) is 5.44. The molecule has 2 saturated heterocycles. The van der Waals surface area contributed by atoms with Gasteiger partial charge in [0.2, 0.25) is 0 Å². The van der Waals surface area contributed by atoms with Crippen LogP contribution >= 0.6 is 0 Å². The number of carbonyl (C=O) groups is 1. The van der Waals surface area contributed by atoms with Crippen LogP contribution in [0, 0.1) is 11.6 Å². The maximum absolute atomic E-state index is 13.9. The molecule has 0 radical (unpaired) electrons. The minimum Gasteiger partial charge on any atom is -0.440 e. The number of benzene rings is 2. The van der Waals surface area contributed by atoms with Gasteiger partial charge in [-0.25, -0.2) is 8.78 Å². The lowest BCUT2D eigenvalue weighted by molar-refractivity contribution is 0.0652. The summed E-state index contributed by atoms with van der Waals surface area (Å²) in [5.74, 6) is -1.10. The molecule has 9 heteroatoms. The lowest BCUT2D eigenvalue weighted by atomic mass is 9.98. The summed E-state index contributed by atoms with van der Waals surface area (Å²) in [6, 6.07) is 7.60. The molecule has 2 aliphatic heterocycles. The Morgan fingerprint density at radius 3 is 2.31 bits per heavy atom. The molecule has 0 N–H and O–H groups in total. The standard InChI is InChI=1S/C26H27F2N3O4/c1-16(29(2)20-13-18(27)12-19(28)14-20)21-10-17(26(33)31-4-3-5-31)11-22-23(32)15-24(35-25(21)22)30-6-8-34-9-7-30/h10-16H,3-9H2,1-2H3. The van der Waals surface area contributed by atoms with Crippen molar-refractivity contribution in [3.8, 4) is 0 Å². The highest BCUT2D eigenvalue weighted by atomic mass is 19.1.